The molecule has 0 radical (unpaired) electrons. The van der Waals surface area contributed by atoms with Gasteiger partial charge in [0.05, 0.1) is 18.3 Å². The van der Waals surface area contributed by atoms with Crippen LogP contribution in [0.4, 0.5) is 15.7 Å². The van der Waals surface area contributed by atoms with Crippen LogP contribution in [-0.4, -0.2) is 26.0 Å². The largest absolute Gasteiger partial charge is 0.374 e. The lowest BCUT2D eigenvalue weighted by molar-refractivity contribution is 0.249. The maximum Gasteiger partial charge on any atom is 0.320 e. The summed E-state index contributed by atoms with van der Waals surface area (Å²) in [7, 11) is 0. The number of amides is 2. The Bertz CT molecular complexity index is 662. The van der Waals surface area contributed by atoms with Gasteiger partial charge in [0.1, 0.15) is 10.8 Å². The average Bonchev–Trinajstić information content (AvgIpc) is 3.09. The number of nitrogen functional groups attached to an aromatic ring is 1. The number of nitrogens with zero attached hydrogens (tertiary/aromatic N) is 4. The molecule has 0 fully saturated rings. The molecule has 23 heavy (non-hydrogen) atoms. The molecule has 1 atom stereocenters. The second-order valence-electron chi connectivity index (χ2n) is 5.39. The smallest absolute Gasteiger partial charge is 0.320 e. The van der Waals surface area contributed by atoms with Gasteiger partial charge in [-0.15, -0.1) is 10.2 Å². The van der Waals surface area contributed by atoms with E-state index in [-0.39, 0.29) is 18.1 Å². The first kappa shape index (κ1) is 17.2. The lowest BCUT2D eigenvalue weighted by atomic mass is 10.2. The summed E-state index contributed by atoms with van der Waals surface area (Å²) in [6.45, 7) is 7.98. The SMILES string of the molecule is CCC(CC)n1ncc(C)c1NC(=O)NC(C)c1nnc(N)s1. The van der Waals surface area contributed by atoms with Crippen LogP contribution in [-0.2, 0) is 0 Å². The van der Waals surface area contributed by atoms with E-state index >= 15 is 0 Å². The summed E-state index contributed by atoms with van der Waals surface area (Å²) in [5.41, 5.74) is 6.50. The minimum atomic E-state index is -0.304. The molecule has 0 saturated carbocycles. The molecule has 4 N–H and O–H groups in total. The van der Waals surface area contributed by atoms with Crippen molar-refractivity contribution >= 4 is 28.3 Å². The molecule has 0 aliphatic carbocycles. The predicted octanol–water partition coefficient (Wildman–Crippen LogP) is 2.87. The molecule has 0 aliphatic rings. The zero-order valence-corrected chi connectivity index (χ0v) is 14.6. The standard InChI is InChI=1S/C14H23N7OS/c1-5-10(6-2)21-11(8(3)7-16-21)18-14(22)17-9(4)12-19-20-13(15)23-12/h7,9-10H,5-6H2,1-4H3,(H2,15,20)(H2,17,18,22). The zero-order valence-electron chi connectivity index (χ0n) is 13.8. The van der Waals surface area contributed by atoms with Crippen LogP contribution in [0.2, 0.25) is 0 Å². The first-order valence-electron chi connectivity index (χ1n) is 7.66. The number of carbonyl (C=O) groups is 1. The summed E-state index contributed by atoms with van der Waals surface area (Å²) in [6, 6.07) is -0.309. The number of nitrogens with two attached hydrogens (primary N) is 1. The number of carbonyl (C=O) groups excluding carboxylic acids is 1. The van der Waals surface area contributed by atoms with Crippen LogP contribution >= 0.6 is 11.3 Å². The Labute approximate surface area is 139 Å². The van der Waals surface area contributed by atoms with Crippen LogP contribution in [0.3, 0.4) is 0 Å². The number of aromatic nitrogens is 4. The Balaban J connectivity index is 2.07. The Morgan fingerprint density at radius 2 is 2.09 bits per heavy atom. The molecule has 8 nitrogen and oxygen atoms in total. The summed E-state index contributed by atoms with van der Waals surface area (Å²) in [5.74, 6) is 0.722. The van der Waals surface area contributed by atoms with Gasteiger partial charge in [-0.2, -0.15) is 5.10 Å². The van der Waals surface area contributed by atoms with Gasteiger partial charge in [0.25, 0.3) is 0 Å². The van der Waals surface area contributed by atoms with Crippen molar-refractivity contribution in [3.8, 4) is 0 Å². The van der Waals surface area contributed by atoms with E-state index in [2.05, 4.69) is 39.8 Å². The Morgan fingerprint density at radius 3 is 2.65 bits per heavy atom. The third kappa shape index (κ3) is 3.98. The summed E-state index contributed by atoms with van der Waals surface area (Å²) in [4.78, 5) is 12.3. The number of hydrogen-bond acceptors (Lipinski definition) is 6. The van der Waals surface area contributed by atoms with E-state index in [1.807, 2.05) is 18.5 Å². The van der Waals surface area contributed by atoms with Gasteiger partial charge >= 0.3 is 6.03 Å². The van der Waals surface area contributed by atoms with Crippen LogP contribution < -0.4 is 16.4 Å². The Hall–Kier alpha value is -2.16. The van der Waals surface area contributed by atoms with Gasteiger partial charge in [-0.25, -0.2) is 9.48 Å². The molecular weight excluding hydrogens is 314 g/mol. The van der Waals surface area contributed by atoms with Crippen molar-refractivity contribution in [1.82, 2.24) is 25.3 Å². The lowest BCUT2D eigenvalue weighted by Crippen LogP contribution is -2.32. The fourth-order valence-electron chi connectivity index (χ4n) is 2.34. The van der Waals surface area contributed by atoms with Crippen molar-refractivity contribution in [2.24, 2.45) is 0 Å². The van der Waals surface area contributed by atoms with Gasteiger partial charge in [0, 0.05) is 5.56 Å². The van der Waals surface area contributed by atoms with E-state index in [0.29, 0.717) is 10.1 Å². The van der Waals surface area contributed by atoms with E-state index in [1.54, 1.807) is 6.20 Å². The van der Waals surface area contributed by atoms with Crippen molar-refractivity contribution in [1.29, 1.82) is 0 Å². The molecule has 2 aromatic heterocycles. The maximum absolute atomic E-state index is 12.3. The minimum absolute atomic E-state index is 0.263. The molecule has 2 rings (SSSR count). The number of rotatable bonds is 6. The first-order valence-corrected chi connectivity index (χ1v) is 8.48. The number of hydrogen-bond donors (Lipinski definition) is 3. The summed E-state index contributed by atoms with van der Waals surface area (Å²) >= 11 is 1.26. The highest BCUT2D eigenvalue weighted by atomic mass is 32.1. The quantitative estimate of drug-likeness (QED) is 0.750. The summed E-state index contributed by atoms with van der Waals surface area (Å²) < 4.78 is 1.88. The number of anilines is 2. The van der Waals surface area contributed by atoms with E-state index in [0.717, 1.165) is 24.2 Å². The van der Waals surface area contributed by atoms with Crippen molar-refractivity contribution in [2.75, 3.05) is 11.1 Å². The van der Waals surface area contributed by atoms with Crippen molar-refractivity contribution in [3.63, 3.8) is 0 Å². The van der Waals surface area contributed by atoms with E-state index in [1.165, 1.54) is 11.3 Å². The maximum atomic E-state index is 12.3. The highest BCUT2D eigenvalue weighted by molar-refractivity contribution is 7.15. The third-order valence-corrected chi connectivity index (χ3v) is 4.61. The molecular formula is C14H23N7OS. The third-order valence-electron chi connectivity index (χ3n) is 3.67. The second kappa shape index (κ2) is 7.40. The first-order chi connectivity index (χ1) is 11.0. The summed E-state index contributed by atoms with van der Waals surface area (Å²) in [6.07, 6.45) is 3.67. The Kier molecular flexibility index (Phi) is 5.54. The molecule has 0 aromatic carbocycles. The molecule has 1 unspecified atom stereocenters. The monoisotopic (exact) mass is 337 g/mol. The molecule has 0 bridgehead atoms. The predicted molar refractivity (Wildman–Crippen MR) is 91.5 cm³/mol. The van der Waals surface area contributed by atoms with Crippen LogP contribution in [0.5, 0.6) is 0 Å². The number of aryl methyl sites for hydroxylation is 1. The molecule has 2 heterocycles. The summed E-state index contributed by atoms with van der Waals surface area (Å²) in [5, 5.41) is 18.9. The highest BCUT2D eigenvalue weighted by Crippen LogP contribution is 2.24. The molecule has 0 saturated heterocycles. The second-order valence-corrected chi connectivity index (χ2v) is 6.43. The topological polar surface area (TPSA) is 111 Å². The van der Waals surface area contributed by atoms with Gasteiger partial charge in [-0.05, 0) is 26.7 Å². The molecule has 2 amide bonds. The molecule has 0 aliphatic heterocycles. The highest BCUT2D eigenvalue weighted by Gasteiger charge is 2.18. The van der Waals surface area contributed by atoms with Gasteiger partial charge in [0.2, 0.25) is 5.13 Å². The number of nitrogens with one attached hydrogen (secondary N) is 2. The lowest BCUT2D eigenvalue weighted by Gasteiger charge is -2.18. The fourth-order valence-corrected chi connectivity index (χ4v) is 2.95. The van der Waals surface area contributed by atoms with Gasteiger partial charge in [0.15, 0.2) is 0 Å². The average molecular weight is 337 g/mol. The molecule has 2 aromatic rings. The van der Waals surface area contributed by atoms with Crippen LogP contribution in [0, 0.1) is 6.92 Å². The van der Waals surface area contributed by atoms with Crippen LogP contribution in [0.25, 0.3) is 0 Å². The normalized spacial score (nSPS) is 12.4. The van der Waals surface area contributed by atoms with Crippen molar-refractivity contribution in [3.05, 3.63) is 16.8 Å². The van der Waals surface area contributed by atoms with Gasteiger partial charge < -0.3 is 11.1 Å². The molecule has 126 valence electrons. The van der Waals surface area contributed by atoms with Crippen LogP contribution in [0.1, 0.15) is 56.3 Å². The fraction of sp³-hybridized carbons (Fsp3) is 0.571. The Morgan fingerprint density at radius 1 is 1.39 bits per heavy atom. The van der Waals surface area contributed by atoms with Crippen molar-refractivity contribution in [2.45, 2.75) is 52.6 Å². The molecule has 0 spiro atoms. The van der Waals surface area contributed by atoms with Gasteiger partial charge in [-0.1, -0.05) is 25.2 Å². The number of urea groups is 1. The van der Waals surface area contributed by atoms with Crippen LogP contribution in [0.15, 0.2) is 6.20 Å². The van der Waals surface area contributed by atoms with Gasteiger partial charge in [-0.3, -0.25) is 5.32 Å². The van der Waals surface area contributed by atoms with E-state index in [9.17, 15) is 4.79 Å². The zero-order chi connectivity index (χ0) is 17.0. The van der Waals surface area contributed by atoms with Crippen molar-refractivity contribution < 1.29 is 4.79 Å². The van der Waals surface area contributed by atoms with E-state index < -0.39 is 0 Å². The molecule has 9 heteroatoms. The minimum Gasteiger partial charge on any atom is -0.374 e. The van der Waals surface area contributed by atoms with E-state index in [4.69, 9.17) is 5.73 Å².